The van der Waals surface area contributed by atoms with Gasteiger partial charge in [-0.05, 0) is 48.5 Å². The van der Waals surface area contributed by atoms with E-state index in [0.29, 0.717) is 22.7 Å². The molecule has 0 aliphatic rings. The Morgan fingerprint density at radius 1 is 0.971 bits per heavy atom. The fourth-order valence-corrected chi connectivity index (χ4v) is 4.26. The number of methoxy groups -OCH3 is 1. The first-order valence-corrected chi connectivity index (χ1v) is 11.9. The first-order valence-electron chi connectivity index (χ1n) is 10.4. The van der Waals surface area contributed by atoms with Crippen molar-refractivity contribution in [2.24, 2.45) is 0 Å². The Labute approximate surface area is 198 Å². The van der Waals surface area contributed by atoms with Crippen molar-refractivity contribution < 1.29 is 17.9 Å². The lowest BCUT2D eigenvalue weighted by Crippen LogP contribution is -2.22. The second-order valence-corrected chi connectivity index (χ2v) is 9.82. The molecule has 34 heavy (non-hydrogen) atoms. The van der Waals surface area contributed by atoms with Gasteiger partial charge in [0.25, 0.3) is 5.91 Å². The molecule has 1 amide bonds. The first kappa shape index (κ1) is 23.2. The molecule has 0 saturated carbocycles. The van der Waals surface area contributed by atoms with E-state index in [4.69, 9.17) is 4.74 Å². The number of aromatic nitrogens is 2. The van der Waals surface area contributed by atoms with Crippen LogP contribution in [0.25, 0.3) is 16.9 Å². The van der Waals surface area contributed by atoms with Gasteiger partial charge in [-0.3, -0.25) is 4.79 Å². The molecule has 0 spiro atoms. The standard InChI is InChI=1S/C25H24N4O4S/c1-28(2)34(31,32)22-14-12-19(13-15-22)26-25(30)23-17-29(20-9-5-4-6-10-20)27-24(23)18-8-7-11-21(16-18)33-3/h4-17H,1-3H3,(H,26,30). The Morgan fingerprint density at radius 3 is 2.32 bits per heavy atom. The molecule has 0 aliphatic heterocycles. The summed E-state index contributed by atoms with van der Waals surface area (Å²) >= 11 is 0. The van der Waals surface area contributed by atoms with Crippen molar-refractivity contribution in [1.29, 1.82) is 0 Å². The molecule has 0 fully saturated rings. The predicted octanol–water partition coefficient (Wildman–Crippen LogP) is 4.05. The fraction of sp³-hybridized carbons (Fsp3) is 0.120. The molecule has 0 bridgehead atoms. The van der Waals surface area contributed by atoms with Crippen LogP contribution in [0.1, 0.15) is 10.4 Å². The molecule has 9 heteroatoms. The molecule has 0 atom stereocenters. The molecule has 4 aromatic rings. The molecule has 1 aromatic heterocycles. The summed E-state index contributed by atoms with van der Waals surface area (Å²) in [6.07, 6.45) is 1.67. The molecular weight excluding hydrogens is 452 g/mol. The van der Waals surface area contributed by atoms with Crippen LogP contribution < -0.4 is 10.1 Å². The van der Waals surface area contributed by atoms with Gasteiger partial charge in [0.15, 0.2) is 0 Å². The maximum atomic E-state index is 13.3. The van der Waals surface area contributed by atoms with Crippen LogP contribution in [0.15, 0.2) is 90.0 Å². The van der Waals surface area contributed by atoms with E-state index >= 15 is 0 Å². The van der Waals surface area contributed by atoms with Gasteiger partial charge < -0.3 is 10.1 Å². The second kappa shape index (κ2) is 9.50. The van der Waals surface area contributed by atoms with Gasteiger partial charge in [0.1, 0.15) is 11.4 Å². The molecule has 174 valence electrons. The molecular formula is C25H24N4O4S. The number of nitrogens with zero attached hydrogens (tertiary/aromatic N) is 3. The van der Waals surface area contributed by atoms with Crippen molar-refractivity contribution in [2.75, 3.05) is 26.5 Å². The molecule has 8 nitrogen and oxygen atoms in total. The molecule has 0 saturated heterocycles. The van der Waals surface area contributed by atoms with Crippen LogP contribution in [0.2, 0.25) is 0 Å². The normalized spacial score (nSPS) is 11.4. The smallest absolute Gasteiger partial charge is 0.259 e. The van der Waals surface area contributed by atoms with Crippen molar-refractivity contribution in [3.8, 4) is 22.7 Å². The highest BCUT2D eigenvalue weighted by Gasteiger charge is 2.20. The minimum absolute atomic E-state index is 0.143. The monoisotopic (exact) mass is 476 g/mol. The van der Waals surface area contributed by atoms with Gasteiger partial charge in [-0.2, -0.15) is 5.10 Å². The summed E-state index contributed by atoms with van der Waals surface area (Å²) in [5.74, 6) is 0.277. The summed E-state index contributed by atoms with van der Waals surface area (Å²) in [4.78, 5) is 13.4. The zero-order chi connectivity index (χ0) is 24.3. The van der Waals surface area contributed by atoms with Gasteiger partial charge >= 0.3 is 0 Å². The molecule has 0 radical (unpaired) electrons. The van der Waals surface area contributed by atoms with Gasteiger partial charge in [-0.25, -0.2) is 17.4 Å². The maximum Gasteiger partial charge on any atom is 0.259 e. The lowest BCUT2D eigenvalue weighted by Gasteiger charge is -2.12. The van der Waals surface area contributed by atoms with E-state index in [9.17, 15) is 13.2 Å². The quantitative estimate of drug-likeness (QED) is 0.434. The number of carbonyl (C=O) groups excluding carboxylic acids is 1. The van der Waals surface area contributed by atoms with Gasteiger partial charge in [0.2, 0.25) is 10.0 Å². The average molecular weight is 477 g/mol. The van der Waals surface area contributed by atoms with Crippen LogP contribution >= 0.6 is 0 Å². The number of sulfonamides is 1. The fourth-order valence-electron chi connectivity index (χ4n) is 3.36. The highest BCUT2D eigenvalue weighted by atomic mass is 32.2. The number of hydrogen-bond acceptors (Lipinski definition) is 5. The van der Waals surface area contributed by atoms with E-state index in [1.807, 2.05) is 54.6 Å². The SMILES string of the molecule is COc1cccc(-c2nn(-c3ccccc3)cc2C(=O)Nc2ccc(S(=O)(=O)N(C)C)cc2)c1. The van der Waals surface area contributed by atoms with Crippen molar-refractivity contribution in [3.05, 3.63) is 90.6 Å². The lowest BCUT2D eigenvalue weighted by molar-refractivity contribution is 0.102. The van der Waals surface area contributed by atoms with Crippen LogP contribution in [0.3, 0.4) is 0 Å². The Hall–Kier alpha value is -3.95. The zero-order valence-corrected chi connectivity index (χ0v) is 19.8. The number of ether oxygens (including phenoxy) is 1. The molecule has 1 heterocycles. The molecule has 0 aliphatic carbocycles. The number of amides is 1. The van der Waals surface area contributed by atoms with E-state index in [0.717, 1.165) is 15.6 Å². The summed E-state index contributed by atoms with van der Waals surface area (Å²) in [6.45, 7) is 0. The third kappa shape index (κ3) is 4.70. The number of hydrogen-bond donors (Lipinski definition) is 1. The number of nitrogens with one attached hydrogen (secondary N) is 1. The lowest BCUT2D eigenvalue weighted by atomic mass is 10.1. The van der Waals surface area contributed by atoms with Crippen LogP contribution in [0.5, 0.6) is 5.75 Å². The van der Waals surface area contributed by atoms with Crippen molar-refractivity contribution in [2.45, 2.75) is 4.90 Å². The molecule has 3 aromatic carbocycles. The predicted molar refractivity (Wildman–Crippen MR) is 131 cm³/mol. The van der Waals surface area contributed by atoms with Crippen LogP contribution in [-0.4, -0.2) is 49.6 Å². The molecule has 0 unspecified atom stereocenters. The van der Waals surface area contributed by atoms with Gasteiger partial charge in [-0.15, -0.1) is 0 Å². The van der Waals surface area contributed by atoms with E-state index in [1.165, 1.54) is 26.2 Å². The largest absolute Gasteiger partial charge is 0.497 e. The number of anilines is 1. The summed E-state index contributed by atoms with van der Waals surface area (Å²) in [5.41, 5.74) is 2.86. The zero-order valence-electron chi connectivity index (χ0n) is 19.0. The third-order valence-electron chi connectivity index (χ3n) is 5.21. The average Bonchev–Trinajstić information content (AvgIpc) is 3.31. The number of para-hydroxylation sites is 1. The van der Waals surface area contributed by atoms with E-state index in [1.54, 1.807) is 30.1 Å². The van der Waals surface area contributed by atoms with E-state index < -0.39 is 10.0 Å². The summed E-state index contributed by atoms with van der Waals surface area (Å²) in [5, 5.41) is 7.51. The van der Waals surface area contributed by atoms with E-state index in [2.05, 4.69) is 10.4 Å². The molecule has 1 N–H and O–H groups in total. The maximum absolute atomic E-state index is 13.3. The van der Waals surface area contributed by atoms with Crippen LogP contribution in [0, 0.1) is 0 Å². The topological polar surface area (TPSA) is 93.5 Å². The highest BCUT2D eigenvalue weighted by molar-refractivity contribution is 7.89. The van der Waals surface area contributed by atoms with Crippen LogP contribution in [-0.2, 0) is 10.0 Å². The Morgan fingerprint density at radius 2 is 1.68 bits per heavy atom. The third-order valence-corrected chi connectivity index (χ3v) is 7.04. The van der Waals surface area contributed by atoms with Crippen LogP contribution in [0.4, 0.5) is 5.69 Å². The minimum atomic E-state index is -3.56. The second-order valence-electron chi connectivity index (χ2n) is 7.67. The number of carbonyl (C=O) groups is 1. The highest BCUT2D eigenvalue weighted by Crippen LogP contribution is 2.28. The minimum Gasteiger partial charge on any atom is -0.497 e. The Kier molecular flexibility index (Phi) is 6.49. The summed E-state index contributed by atoms with van der Waals surface area (Å²) < 4.78 is 32.7. The van der Waals surface area contributed by atoms with Crippen molar-refractivity contribution in [3.63, 3.8) is 0 Å². The van der Waals surface area contributed by atoms with Crippen molar-refractivity contribution in [1.82, 2.24) is 14.1 Å². The van der Waals surface area contributed by atoms with Crippen molar-refractivity contribution >= 4 is 21.6 Å². The van der Waals surface area contributed by atoms with Gasteiger partial charge in [0.05, 0.1) is 23.3 Å². The number of benzene rings is 3. The Bertz CT molecular complexity index is 1410. The van der Waals surface area contributed by atoms with Gasteiger partial charge in [0, 0.05) is 31.5 Å². The Balaban J connectivity index is 1.70. The van der Waals surface area contributed by atoms with E-state index in [-0.39, 0.29) is 10.8 Å². The summed E-state index contributed by atoms with van der Waals surface area (Å²) in [7, 11) is 0.959. The van der Waals surface area contributed by atoms with Gasteiger partial charge in [-0.1, -0.05) is 30.3 Å². The first-order chi connectivity index (χ1) is 16.3. The summed E-state index contributed by atoms with van der Waals surface area (Å²) in [6, 6.07) is 22.8. The molecule has 4 rings (SSSR count). The number of rotatable bonds is 7.